The summed E-state index contributed by atoms with van der Waals surface area (Å²) in [5.41, 5.74) is 1.79. The van der Waals surface area contributed by atoms with E-state index in [0.717, 1.165) is 17.6 Å². The molecule has 0 aromatic carbocycles. The van der Waals surface area contributed by atoms with Crippen LogP contribution in [0.25, 0.3) is 0 Å². The van der Waals surface area contributed by atoms with Crippen molar-refractivity contribution in [1.29, 1.82) is 0 Å². The van der Waals surface area contributed by atoms with Crippen LogP contribution < -0.4 is 0 Å². The molecule has 1 aliphatic carbocycles. The first kappa shape index (κ1) is 25.3. The number of rotatable bonds is 5. The normalized spacial score (nSPS) is 23.8. The van der Waals surface area contributed by atoms with Gasteiger partial charge in [0.2, 0.25) is 0 Å². The lowest BCUT2D eigenvalue weighted by Gasteiger charge is -2.45. The molecule has 0 aliphatic heterocycles. The molecule has 0 bridgehead atoms. The molecule has 2 atom stereocenters. The number of ether oxygens (including phenoxy) is 1. The summed E-state index contributed by atoms with van der Waals surface area (Å²) in [5.74, 6) is -0.352. The Kier molecular flexibility index (Phi) is 7.77. The van der Waals surface area contributed by atoms with Gasteiger partial charge >= 0.3 is 5.97 Å². The van der Waals surface area contributed by atoms with E-state index in [1.54, 1.807) is 6.08 Å². The smallest absolute Gasteiger partial charge is 0.330 e. The lowest BCUT2D eigenvalue weighted by atomic mass is 9.86. The first-order valence-electron chi connectivity index (χ1n) is 10.2. The van der Waals surface area contributed by atoms with Gasteiger partial charge in [-0.05, 0) is 53.8 Å². The van der Waals surface area contributed by atoms with Gasteiger partial charge in [0.15, 0.2) is 16.6 Å². The largest absolute Gasteiger partial charge is 0.466 e. The Balaban J connectivity index is 3.20. The third kappa shape index (κ3) is 6.15. The van der Waals surface area contributed by atoms with Gasteiger partial charge in [-0.1, -0.05) is 48.1 Å². The minimum Gasteiger partial charge on any atom is -0.466 e. The van der Waals surface area contributed by atoms with Crippen molar-refractivity contribution >= 4 is 22.6 Å². The van der Waals surface area contributed by atoms with Crippen LogP contribution in [0.4, 0.5) is 0 Å². The van der Waals surface area contributed by atoms with E-state index in [2.05, 4.69) is 74.3 Å². The highest BCUT2D eigenvalue weighted by molar-refractivity contribution is 6.74. The molecule has 1 saturated carbocycles. The highest BCUT2D eigenvalue weighted by atomic mass is 28.4. The topological polar surface area (TPSA) is 44.8 Å². The second-order valence-corrected chi connectivity index (χ2v) is 20.5. The van der Waals surface area contributed by atoms with Crippen molar-refractivity contribution in [3.05, 3.63) is 23.8 Å². The van der Waals surface area contributed by atoms with E-state index in [-0.39, 0.29) is 28.3 Å². The molecule has 0 spiro atoms. The van der Waals surface area contributed by atoms with Gasteiger partial charge in [0.25, 0.3) is 0 Å². The molecule has 0 aromatic rings. The van der Waals surface area contributed by atoms with Crippen molar-refractivity contribution in [3.63, 3.8) is 0 Å². The summed E-state index contributed by atoms with van der Waals surface area (Å²) in [6.45, 7) is 26.8. The molecular weight excluding hydrogens is 384 g/mol. The minimum atomic E-state index is -1.99. The fraction of sp³-hybridized carbons (Fsp3) is 0.773. The van der Waals surface area contributed by atoms with Gasteiger partial charge in [-0.2, -0.15) is 0 Å². The number of hydrogen-bond donors (Lipinski definition) is 0. The van der Waals surface area contributed by atoms with Crippen LogP contribution in [0, 0.1) is 0 Å². The van der Waals surface area contributed by atoms with E-state index < -0.39 is 16.6 Å². The third-order valence-corrected chi connectivity index (χ3v) is 15.8. The highest BCUT2D eigenvalue weighted by Gasteiger charge is 2.44. The van der Waals surface area contributed by atoms with E-state index in [1.165, 1.54) is 7.11 Å². The van der Waals surface area contributed by atoms with Crippen LogP contribution >= 0.6 is 0 Å². The van der Waals surface area contributed by atoms with Crippen LogP contribution in [0.15, 0.2) is 23.8 Å². The average molecular weight is 427 g/mol. The van der Waals surface area contributed by atoms with Gasteiger partial charge in [-0.3, -0.25) is 0 Å². The van der Waals surface area contributed by atoms with E-state index >= 15 is 0 Å². The Bertz CT molecular complexity index is 621. The summed E-state index contributed by atoms with van der Waals surface area (Å²) in [4.78, 5) is 11.9. The molecule has 0 amide bonds. The quantitative estimate of drug-likeness (QED) is 0.297. The first-order valence-corrected chi connectivity index (χ1v) is 16.1. The van der Waals surface area contributed by atoms with Crippen LogP contribution in [0.5, 0.6) is 0 Å². The standard InChI is InChI=1S/C22H42O4Si2/c1-16-17(14-20(23)24-8)13-18(25-27(9,10)21(2,3)4)15-19(16)26-28(11,12)22(5,6)7/h14,18-19H,1,13,15H2,2-12H3/b17-14+/t18-,19+/m1/s1. The molecule has 0 aromatic heterocycles. The number of carbonyl (C=O) groups is 1. The zero-order chi connectivity index (χ0) is 22.1. The molecule has 1 fully saturated rings. The summed E-state index contributed by atoms with van der Waals surface area (Å²) >= 11 is 0. The van der Waals surface area contributed by atoms with Crippen LogP contribution in [0.2, 0.25) is 36.3 Å². The van der Waals surface area contributed by atoms with Gasteiger partial charge in [0.1, 0.15) is 0 Å². The van der Waals surface area contributed by atoms with Crippen molar-refractivity contribution in [2.75, 3.05) is 7.11 Å². The Hall–Kier alpha value is -0.696. The average Bonchev–Trinajstić information content (AvgIpc) is 2.48. The molecule has 1 rings (SSSR count). The maximum Gasteiger partial charge on any atom is 0.330 e. The zero-order valence-corrected chi connectivity index (χ0v) is 22.0. The summed E-state index contributed by atoms with van der Waals surface area (Å²) < 4.78 is 18.3. The predicted molar refractivity (Wildman–Crippen MR) is 123 cm³/mol. The Morgan fingerprint density at radius 2 is 1.46 bits per heavy atom. The first-order chi connectivity index (χ1) is 12.4. The van der Waals surface area contributed by atoms with E-state index in [4.69, 9.17) is 13.6 Å². The fourth-order valence-electron chi connectivity index (χ4n) is 2.74. The second kappa shape index (κ2) is 8.58. The molecule has 0 saturated heterocycles. The molecule has 0 N–H and O–H groups in total. The van der Waals surface area contributed by atoms with Crippen molar-refractivity contribution < 1.29 is 18.4 Å². The number of esters is 1. The maximum absolute atomic E-state index is 11.9. The van der Waals surface area contributed by atoms with Gasteiger partial charge < -0.3 is 13.6 Å². The monoisotopic (exact) mass is 426 g/mol. The lowest BCUT2D eigenvalue weighted by molar-refractivity contribution is -0.134. The predicted octanol–water partition coefficient (Wildman–Crippen LogP) is 6.22. The summed E-state index contributed by atoms with van der Waals surface area (Å²) in [6.07, 6.45) is 2.93. The number of carbonyl (C=O) groups excluding carboxylic acids is 1. The molecule has 6 heteroatoms. The van der Waals surface area contributed by atoms with Crippen molar-refractivity contribution in [2.24, 2.45) is 0 Å². The van der Waals surface area contributed by atoms with Crippen LogP contribution in [0.1, 0.15) is 54.4 Å². The van der Waals surface area contributed by atoms with Crippen LogP contribution in [-0.4, -0.2) is 41.9 Å². The molecule has 0 unspecified atom stereocenters. The van der Waals surface area contributed by atoms with E-state index in [9.17, 15) is 4.79 Å². The molecule has 4 nitrogen and oxygen atoms in total. The number of methoxy groups -OCH3 is 1. The highest BCUT2D eigenvalue weighted by Crippen LogP contribution is 2.44. The molecule has 162 valence electrons. The van der Waals surface area contributed by atoms with Gasteiger partial charge in [-0.25, -0.2) is 4.79 Å². The maximum atomic E-state index is 11.9. The fourth-order valence-corrected chi connectivity index (χ4v) is 5.40. The molecule has 28 heavy (non-hydrogen) atoms. The Morgan fingerprint density at radius 1 is 1.00 bits per heavy atom. The molecule has 1 aliphatic rings. The van der Waals surface area contributed by atoms with E-state index in [0.29, 0.717) is 6.42 Å². The van der Waals surface area contributed by atoms with Gasteiger partial charge in [0.05, 0.1) is 19.3 Å². The lowest BCUT2D eigenvalue weighted by Crippen LogP contribution is -2.49. The van der Waals surface area contributed by atoms with Gasteiger partial charge in [0, 0.05) is 12.5 Å². The molecule has 0 heterocycles. The van der Waals surface area contributed by atoms with Crippen molar-refractivity contribution in [2.45, 2.75) is 103 Å². The minimum absolute atomic E-state index is 0.0251. The molecular formula is C22H42O4Si2. The van der Waals surface area contributed by atoms with E-state index in [1.807, 2.05) is 0 Å². The van der Waals surface area contributed by atoms with Gasteiger partial charge in [-0.15, -0.1) is 0 Å². The Morgan fingerprint density at radius 3 is 1.89 bits per heavy atom. The zero-order valence-electron chi connectivity index (χ0n) is 20.0. The molecule has 0 radical (unpaired) electrons. The van der Waals surface area contributed by atoms with Crippen LogP contribution in [0.3, 0.4) is 0 Å². The van der Waals surface area contributed by atoms with Crippen molar-refractivity contribution in [3.8, 4) is 0 Å². The summed E-state index contributed by atoms with van der Waals surface area (Å²) in [7, 11) is -2.52. The number of hydrogen-bond acceptors (Lipinski definition) is 4. The summed E-state index contributed by atoms with van der Waals surface area (Å²) in [5, 5.41) is 0.232. The third-order valence-electron chi connectivity index (χ3n) is 6.73. The SMILES string of the molecule is C=C1/C(=C/C(=O)OC)C[C@@H](O[Si](C)(C)C(C)(C)C)C[C@@H]1O[Si](C)(C)C(C)(C)C. The van der Waals surface area contributed by atoms with Crippen LogP contribution in [-0.2, 0) is 18.4 Å². The summed E-state index contributed by atoms with van der Waals surface area (Å²) in [6, 6.07) is 0. The van der Waals surface area contributed by atoms with Crippen molar-refractivity contribution in [1.82, 2.24) is 0 Å². The second-order valence-electron chi connectivity index (χ2n) is 11.0. The Labute approximate surface area is 175 Å².